The number of ether oxygens (including phenoxy) is 1. The fourth-order valence-electron chi connectivity index (χ4n) is 4.22. The lowest BCUT2D eigenvalue weighted by Crippen LogP contribution is -2.28. The molecule has 5 heteroatoms. The number of aryl methyl sites for hydroxylation is 1. The molecule has 1 aromatic carbocycles. The molecule has 0 aliphatic heterocycles. The maximum Gasteiger partial charge on any atom is 0.412 e. The van der Waals surface area contributed by atoms with Gasteiger partial charge in [0.1, 0.15) is 5.76 Å². The molecular formula is C20H24BrNO3. The minimum absolute atomic E-state index is 0.0884. The molecule has 0 atom stereocenters. The Bertz CT molecular complexity index is 760. The molecule has 134 valence electrons. The predicted octanol–water partition coefficient (Wildman–Crippen LogP) is 5.06. The van der Waals surface area contributed by atoms with E-state index < -0.39 is 6.09 Å². The predicted molar refractivity (Wildman–Crippen MR) is 101 cm³/mol. The molecule has 2 aliphatic rings. The van der Waals surface area contributed by atoms with Crippen molar-refractivity contribution in [2.75, 3.05) is 6.54 Å². The minimum atomic E-state index is -0.471. The van der Waals surface area contributed by atoms with Gasteiger partial charge in [0, 0.05) is 22.9 Å². The fraction of sp³-hybridized carbons (Fsp3) is 0.500. The molecule has 0 saturated heterocycles. The molecular weight excluding hydrogens is 382 g/mol. The van der Waals surface area contributed by atoms with Crippen LogP contribution in [0.2, 0.25) is 0 Å². The average Bonchev–Trinajstić information content (AvgIpc) is 3.12. The molecule has 3 rings (SSSR count). The molecule has 25 heavy (non-hydrogen) atoms. The molecule has 0 aromatic heterocycles. The first-order valence-corrected chi connectivity index (χ1v) is 9.68. The Morgan fingerprint density at radius 2 is 1.96 bits per heavy atom. The molecule has 1 aromatic rings. The smallest absolute Gasteiger partial charge is 0.412 e. The third kappa shape index (κ3) is 3.14. The van der Waals surface area contributed by atoms with Gasteiger partial charge in [-0.15, -0.1) is 0 Å². The summed E-state index contributed by atoms with van der Waals surface area (Å²) in [5.74, 6) is 0.677. The highest BCUT2D eigenvalue weighted by Crippen LogP contribution is 2.55. The SMILES string of the molecule is CCNC(=O)OC1=C(c2c(C)ccc(Br)c2C)C(=O)CC12CCCC2. The van der Waals surface area contributed by atoms with Gasteiger partial charge in [-0.2, -0.15) is 0 Å². The zero-order valence-corrected chi connectivity index (χ0v) is 16.6. The molecule has 0 unspecified atom stereocenters. The van der Waals surface area contributed by atoms with Crippen molar-refractivity contribution in [3.8, 4) is 0 Å². The number of alkyl carbamates (subject to hydrolysis) is 1. The van der Waals surface area contributed by atoms with Gasteiger partial charge in [0.25, 0.3) is 0 Å². The van der Waals surface area contributed by atoms with Crippen LogP contribution in [0, 0.1) is 19.3 Å². The first kappa shape index (κ1) is 18.2. The molecule has 4 nitrogen and oxygen atoms in total. The van der Waals surface area contributed by atoms with Crippen LogP contribution < -0.4 is 5.32 Å². The van der Waals surface area contributed by atoms with Crippen molar-refractivity contribution < 1.29 is 14.3 Å². The topological polar surface area (TPSA) is 55.4 Å². The summed E-state index contributed by atoms with van der Waals surface area (Å²) in [6, 6.07) is 3.99. The number of allylic oxidation sites excluding steroid dienone is 2. The van der Waals surface area contributed by atoms with E-state index >= 15 is 0 Å². The number of carbonyl (C=O) groups is 2. The van der Waals surface area contributed by atoms with Gasteiger partial charge < -0.3 is 10.1 Å². The summed E-state index contributed by atoms with van der Waals surface area (Å²) in [4.78, 5) is 25.2. The Morgan fingerprint density at radius 1 is 1.28 bits per heavy atom. The quantitative estimate of drug-likeness (QED) is 0.764. The first-order chi connectivity index (χ1) is 11.9. The van der Waals surface area contributed by atoms with Crippen molar-refractivity contribution in [2.24, 2.45) is 5.41 Å². The molecule has 0 bridgehead atoms. The summed E-state index contributed by atoms with van der Waals surface area (Å²) in [6.45, 7) is 6.34. The van der Waals surface area contributed by atoms with Gasteiger partial charge in [-0.1, -0.05) is 34.8 Å². The summed E-state index contributed by atoms with van der Waals surface area (Å²) in [6.07, 6.45) is 3.92. The number of hydrogen-bond donors (Lipinski definition) is 1. The van der Waals surface area contributed by atoms with Crippen molar-refractivity contribution in [3.63, 3.8) is 0 Å². The van der Waals surface area contributed by atoms with Gasteiger partial charge in [0.2, 0.25) is 0 Å². The van der Waals surface area contributed by atoms with Crippen LogP contribution in [0.3, 0.4) is 0 Å². The highest BCUT2D eigenvalue weighted by Gasteiger charge is 2.50. The minimum Gasteiger partial charge on any atom is -0.413 e. The monoisotopic (exact) mass is 405 g/mol. The lowest BCUT2D eigenvalue weighted by atomic mass is 9.84. The highest BCUT2D eigenvalue weighted by atomic mass is 79.9. The van der Waals surface area contributed by atoms with Crippen molar-refractivity contribution in [3.05, 3.63) is 39.1 Å². The Balaban J connectivity index is 2.19. The van der Waals surface area contributed by atoms with Gasteiger partial charge in [-0.05, 0) is 56.4 Å². The van der Waals surface area contributed by atoms with Gasteiger partial charge >= 0.3 is 6.09 Å². The number of rotatable bonds is 3. The Morgan fingerprint density at radius 3 is 2.60 bits per heavy atom. The van der Waals surface area contributed by atoms with E-state index in [0.717, 1.165) is 46.8 Å². The zero-order valence-electron chi connectivity index (χ0n) is 15.0. The van der Waals surface area contributed by atoms with Crippen LogP contribution in [-0.2, 0) is 9.53 Å². The van der Waals surface area contributed by atoms with Gasteiger partial charge in [0.15, 0.2) is 5.78 Å². The Kier molecular flexibility index (Phi) is 5.05. The summed E-state index contributed by atoms with van der Waals surface area (Å²) < 4.78 is 6.73. The van der Waals surface area contributed by atoms with Crippen molar-refractivity contribution >= 4 is 33.4 Å². The summed E-state index contributed by atoms with van der Waals surface area (Å²) >= 11 is 3.56. The molecule has 1 amide bonds. The van der Waals surface area contributed by atoms with Crippen molar-refractivity contribution in [2.45, 2.75) is 52.9 Å². The third-order valence-corrected chi connectivity index (χ3v) is 6.28. The van der Waals surface area contributed by atoms with E-state index in [1.807, 2.05) is 32.9 Å². The standard InChI is InChI=1S/C20H24BrNO3/c1-4-22-19(24)25-18-17(15(23)11-20(18)9-5-6-10-20)16-12(2)7-8-14(21)13(16)3/h7-8H,4-6,9-11H2,1-3H3,(H,22,24). The molecule has 2 aliphatic carbocycles. The average molecular weight is 406 g/mol. The van der Waals surface area contributed by atoms with E-state index in [4.69, 9.17) is 4.74 Å². The van der Waals surface area contributed by atoms with Crippen LogP contribution in [0.25, 0.3) is 5.57 Å². The maximum atomic E-state index is 13.0. The molecule has 0 heterocycles. The van der Waals surface area contributed by atoms with Gasteiger partial charge in [0.05, 0.1) is 5.57 Å². The van der Waals surface area contributed by atoms with Crippen LogP contribution in [-0.4, -0.2) is 18.4 Å². The van der Waals surface area contributed by atoms with Crippen LogP contribution in [0.15, 0.2) is 22.4 Å². The molecule has 1 N–H and O–H groups in total. The van der Waals surface area contributed by atoms with E-state index in [9.17, 15) is 9.59 Å². The maximum absolute atomic E-state index is 13.0. The Hall–Kier alpha value is -1.62. The molecule has 1 saturated carbocycles. The lowest BCUT2D eigenvalue weighted by molar-refractivity contribution is -0.114. The molecule has 0 radical (unpaired) electrons. The summed E-state index contributed by atoms with van der Waals surface area (Å²) in [7, 11) is 0. The second kappa shape index (κ2) is 6.94. The third-order valence-electron chi connectivity index (χ3n) is 5.42. The summed E-state index contributed by atoms with van der Waals surface area (Å²) in [5, 5.41) is 2.69. The number of hydrogen-bond acceptors (Lipinski definition) is 3. The second-order valence-corrected chi connectivity index (χ2v) is 7.93. The highest BCUT2D eigenvalue weighted by molar-refractivity contribution is 9.10. The van der Waals surface area contributed by atoms with E-state index in [2.05, 4.69) is 21.2 Å². The molecule has 1 spiro atoms. The first-order valence-electron chi connectivity index (χ1n) is 8.89. The fourth-order valence-corrected chi connectivity index (χ4v) is 4.55. The van der Waals surface area contributed by atoms with Crippen LogP contribution in [0.4, 0.5) is 4.79 Å². The molecule has 1 fully saturated rings. The number of benzene rings is 1. The number of ketones is 1. The van der Waals surface area contributed by atoms with Crippen LogP contribution in [0.5, 0.6) is 0 Å². The Labute approximate surface area is 157 Å². The van der Waals surface area contributed by atoms with Crippen molar-refractivity contribution in [1.82, 2.24) is 5.32 Å². The number of halogens is 1. The van der Waals surface area contributed by atoms with Gasteiger partial charge in [-0.3, -0.25) is 4.79 Å². The summed E-state index contributed by atoms with van der Waals surface area (Å²) in [5.41, 5.74) is 3.23. The van der Waals surface area contributed by atoms with E-state index in [-0.39, 0.29) is 11.2 Å². The van der Waals surface area contributed by atoms with E-state index in [1.165, 1.54) is 0 Å². The number of Topliss-reactive ketones (excluding diaryl/α,β-unsaturated/α-hetero) is 1. The lowest BCUT2D eigenvalue weighted by Gasteiger charge is -2.25. The van der Waals surface area contributed by atoms with Gasteiger partial charge in [-0.25, -0.2) is 4.79 Å². The number of nitrogens with one attached hydrogen (secondary N) is 1. The second-order valence-electron chi connectivity index (χ2n) is 7.08. The number of amides is 1. The van der Waals surface area contributed by atoms with Crippen molar-refractivity contribution in [1.29, 1.82) is 0 Å². The zero-order chi connectivity index (χ0) is 18.2. The van der Waals surface area contributed by atoms with E-state index in [1.54, 1.807) is 0 Å². The van der Waals surface area contributed by atoms with E-state index in [0.29, 0.717) is 24.3 Å². The van der Waals surface area contributed by atoms with Crippen LogP contribution in [0.1, 0.15) is 55.7 Å². The normalized spacial score (nSPS) is 19.0. The van der Waals surface area contributed by atoms with Crippen LogP contribution >= 0.6 is 15.9 Å². The number of carbonyl (C=O) groups excluding carboxylic acids is 2. The largest absolute Gasteiger partial charge is 0.413 e.